The summed E-state index contributed by atoms with van der Waals surface area (Å²) in [7, 11) is 2.24. The fourth-order valence-corrected chi connectivity index (χ4v) is 3.59. The second-order valence-electron chi connectivity index (χ2n) is 7.76. The van der Waals surface area contributed by atoms with Crippen LogP contribution in [0.15, 0.2) is 0 Å². The number of piperidine rings is 1. The Bertz CT molecular complexity index is 285. The van der Waals surface area contributed by atoms with Gasteiger partial charge in [0.05, 0.1) is 0 Å². The van der Waals surface area contributed by atoms with Crippen molar-refractivity contribution in [2.75, 3.05) is 39.8 Å². The van der Waals surface area contributed by atoms with Crippen molar-refractivity contribution in [3.63, 3.8) is 0 Å². The van der Waals surface area contributed by atoms with Gasteiger partial charge in [0, 0.05) is 49.8 Å². The molecule has 1 fully saturated rings. The average molecular weight is 300 g/mol. The highest BCUT2D eigenvalue weighted by molar-refractivity contribution is 5.00. The Morgan fingerprint density at radius 1 is 1.05 bits per heavy atom. The molecule has 1 heterocycles. The lowest BCUT2D eigenvalue weighted by molar-refractivity contribution is -0.0354. The zero-order valence-corrected chi connectivity index (χ0v) is 14.7. The van der Waals surface area contributed by atoms with Crippen molar-refractivity contribution in [1.82, 2.24) is 15.5 Å². The van der Waals surface area contributed by atoms with Gasteiger partial charge in [0.25, 0.3) is 0 Å². The van der Waals surface area contributed by atoms with E-state index in [2.05, 4.69) is 50.3 Å². The molecule has 0 aromatic heterocycles. The van der Waals surface area contributed by atoms with Crippen LogP contribution in [-0.2, 0) is 0 Å². The first-order valence-corrected chi connectivity index (χ1v) is 8.32. The van der Waals surface area contributed by atoms with Crippen molar-refractivity contribution in [2.24, 2.45) is 17.4 Å². The molecule has 1 atom stereocenters. The van der Waals surface area contributed by atoms with Crippen LogP contribution in [0.3, 0.4) is 0 Å². The summed E-state index contributed by atoms with van der Waals surface area (Å²) >= 11 is 0. The largest absolute Gasteiger partial charge is 0.329 e. The van der Waals surface area contributed by atoms with Crippen LogP contribution >= 0.6 is 0 Å². The molecule has 0 amide bonds. The van der Waals surface area contributed by atoms with Crippen molar-refractivity contribution in [3.05, 3.63) is 0 Å². The number of likely N-dealkylation sites (tertiary alicyclic amines) is 1. The van der Waals surface area contributed by atoms with E-state index < -0.39 is 0 Å². The molecule has 126 valence electrons. The molecule has 1 rings (SSSR count). The first-order chi connectivity index (χ1) is 9.70. The fourth-order valence-electron chi connectivity index (χ4n) is 3.59. The molecule has 5 nitrogen and oxygen atoms in total. The molecule has 0 bridgehead atoms. The van der Waals surface area contributed by atoms with Gasteiger partial charge in [-0.3, -0.25) is 4.90 Å². The van der Waals surface area contributed by atoms with Gasteiger partial charge in [-0.2, -0.15) is 0 Å². The van der Waals surface area contributed by atoms with Crippen molar-refractivity contribution < 1.29 is 0 Å². The lowest BCUT2D eigenvalue weighted by Gasteiger charge is -2.54. The Kier molecular flexibility index (Phi) is 7.07. The van der Waals surface area contributed by atoms with E-state index in [1.165, 1.54) is 12.8 Å². The summed E-state index contributed by atoms with van der Waals surface area (Å²) in [4.78, 5) is 2.51. The standard InChI is InChI=1S/C16H37N5/c1-15(2)10-13(11-16(3,4)21(15)5)14(18)12-20-9-8-19-7-6-17/h13-14,19-20H,6-12,17-18H2,1-5H3. The summed E-state index contributed by atoms with van der Waals surface area (Å²) in [6, 6.07) is 0.228. The molecular weight excluding hydrogens is 262 g/mol. The van der Waals surface area contributed by atoms with Crippen LogP contribution in [0.4, 0.5) is 0 Å². The highest BCUT2D eigenvalue weighted by Gasteiger charge is 2.44. The van der Waals surface area contributed by atoms with Crippen molar-refractivity contribution in [1.29, 1.82) is 0 Å². The number of rotatable bonds is 8. The Morgan fingerprint density at radius 2 is 1.57 bits per heavy atom. The van der Waals surface area contributed by atoms with Gasteiger partial charge in [0.15, 0.2) is 0 Å². The van der Waals surface area contributed by atoms with Gasteiger partial charge >= 0.3 is 0 Å². The zero-order chi connectivity index (χ0) is 16.1. The molecule has 1 aliphatic heterocycles. The predicted molar refractivity (Wildman–Crippen MR) is 91.4 cm³/mol. The number of hydrogen-bond acceptors (Lipinski definition) is 5. The van der Waals surface area contributed by atoms with Gasteiger partial charge in [-0.25, -0.2) is 0 Å². The minimum atomic E-state index is 0.215. The van der Waals surface area contributed by atoms with E-state index in [0.29, 0.717) is 12.5 Å². The zero-order valence-electron chi connectivity index (χ0n) is 14.7. The lowest BCUT2D eigenvalue weighted by atomic mass is 9.71. The SMILES string of the molecule is CN1C(C)(C)CC(C(N)CNCCNCCN)CC1(C)C. The van der Waals surface area contributed by atoms with E-state index in [1.807, 2.05) is 0 Å². The van der Waals surface area contributed by atoms with E-state index in [9.17, 15) is 0 Å². The van der Waals surface area contributed by atoms with E-state index in [1.54, 1.807) is 0 Å². The molecule has 1 unspecified atom stereocenters. The number of hydrogen-bond donors (Lipinski definition) is 4. The summed E-state index contributed by atoms with van der Waals surface area (Å²) in [5.41, 5.74) is 12.3. The quantitative estimate of drug-likeness (QED) is 0.487. The van der Waals surface area contributed by atoms with Gasteiger partial charge in [-0.15, -0.1) is 0 Å². The van der Waals surface area contributed by atoms with E-state index >= 15 is 0 Å². The van der Waals surface area contributed by atoms with Gasteiger partial charge in [0.1, 0.15) is 0 Å². The summed E-state index contributed by atoms with van der Waals surface area (Å²) in [6.07, 6.45) is 2.34. The third-order valence-electron chi connectivity index (χ3n) is 5.12. The van der Waals surface area contributed by atoms with Crippen molar-refractivity contribution >= 4 is 0 Å². The number of nitrogens with two attached hydrogens (primary N) is 2. The Labute approximate surface area is 131 Å². The van der Waals surface area contributed by atoms with Crippen LogP contribution in [0.25, 0.3) is 0 Å². The van der Waals surface area contributed by atoms with Gasteiger partial charge in [-0.05, 0) is 53.5 Å². The smallest absolute Gasteiger partial charge is 0.0195 e. The van der Waals surface area contributed by atoms with Crippen LogP contribution in [0.5, 0.6) is 0 Å². The maximum absolute atomic E-state index is 6.46. The highest BCUT2D eigenvalue weighted by Crippen LogP contribution is 2.40. The Balaban J connectivity index is 2.38. The van der Waals surface area contributed by atoms with Gasteiger partial charge < -0.3 is 22.1 Å². The third-order valence-corrected chi connectivity index (χ3v) is 5.12. The van der Waals surface area contributed by atoms with E-state index in [-0.39, 0.29) is 17.1 Å². The van der Waals surface area contributed by atoms with Crippen molar-refractivity contribution in [2.45, 2.75) is 57.7 Å². The van der Waals surface area contributed by atoms with Crippen LogP contribution < -0.4 is 22.1 Å². The summed E-state index contributed by atoms with van der Waals surface area (Å²) in [6.45, 7) is 13.7. The monoisotopic (exact) mass is 299 g/mol. The lowest BCUT2D eigenvalue weighted by Crippen LogP contribution is -2.61. The predicted octanol–water partition coefficient (Wildman–Crippen LogP) is 0.351. The third kappa shape index (κ3) is 5.49. The van der Waals surface area contributed by atoms with Crippen LogP contribution in [0, 0.1) is 5.92 Å². The van der Waals surface area contributed by atoms with E-state index in [0.717, 1.165) is 26.2 Å². The molecule has 1 aliphatic rings. The topological polar surface area (TPSA) is 79.3 Å². The molecule has 0 radical (unpaired) electrons. The second-order valence-corrected chi connectivity index (χ2v) is 7.76. The van der Waals surface area contributed by atoms with Crippen LogP contribution in [-0.4, -0.2) is 61.8 Å². The summed E-state index contributed by atoms with van der Waals surface area (Å²) in [5, 5.41) is 6.75. The molecule has 1 saturated heterocycles. The first kappa shape index (κ1) is 18.8. The van der Waals surface area contributed by atoms with Gasteiger partial charge in [-0.1, -0.05) is 0 Å². The molecule has 0 aromatic rings. The molecule has 0 spiro atoms. The highest BCUT2D eigenvalue weighted by atomic mass is 15.2. The van der Waals surface area contributed by atoms with E-state index in [4.69, 9.17) is 11.5 Å². The number of nitrogens with zero attached hydrogens (tertiary/aromatic N) is 1. The molecule has 6 N–H and O–H groups in total. The summed E-state index contributed by atoms with van der Waals surface area (Å²) in [5.74, 6) is 0.579. The number of nitrogens with one attached hydrogen (secondary N) is 2. The van der Waals surface area contributed by atoms with Gasteiger partial charge in [0.2, 0.25) is 0 Å². The molecule has 0 aromatic carbocycles. The maximum atomic E-state index is 6.46. The Morgan fingerprint density at radius 3 is 2.10 bits per heavy atom. The first-order valence-electron chi connectivity index (χ1n) is 8.32. The average Bonchev–Trinajstić information content (AvgIpc) is 2.39. The maximum Gasteiger partial charge on any atom is 0.0195 e. The van der Waals surface area contributed by atoms with Crippen LogP contribution in [0.1, 0.15) is 40.5 Å². The molecule has 5 heteroatoms. The minimum Gasteiger partial charge on any atom is -0.329 e. The summed E-state index contributed by atoms with van der Waals surface area (Å²) < 4.78 is 0. The Hall–Kier alpha value is -0.200. The molecule has 0 aliphatic carbocycles. The molecule has 0 saturated carbocycles. The minimum absolute atomic E-state index is 0.215. The molecular formula is C16H37N5. The van der Waals surface area contributed by atoms with Crippen LogP contribution in [0.2, 0.25) is 0 Å². The normalized spacial score (nSPS) is 24.1. The van der Waals surface area contributed by atoms with Crippen molar-refractivity contribution in [3.8, 4) is 0 Å². The fraction of sp³-hybridized carbons (Fsp3) is 1.00. The molecule has 21 heavy (non-hydrogen) atoms. The second kappa shape index (κ2) is 7.88.